The molecule has 26 heavy (non-hydrogen) atoms. The van der Waals surface area contributed by atoms with Gasteiger partial charge in [0.2, 0.25) is 10.0 Å². The van der Waals surface area contributed by atoms with Gasteiger partial charge in [-0.25, -0.2) is 8.42 Å². The van der Waals surface area contributed by atoms with Crippen LogP contribution >= 0.6 is 0 Å². The Morgan fingerprint density at radius 1 is 1.08 bits per heavy atom. The molecule has 0 spiro atoms. The van der Waals surface area contributed by atoms with Crippen LogP contribution in [0.5, 0.6) is 0 Å². The molecule has 0 saturated carbocycles. The Morgan fingerprint density at radius 3 is 2.27 bits per heavy atom. The SMILES string of the molecule is CC1CC(C)CN(S(=O)(=O)c2ccc(C(=O)N3CCNCC3C)cc2)C1. The van der Waals surface area contributed by atoms with Crippen LogP contribution in [0.3, 0.4) is 0 Å². The van der Waals surface area contributed by atoms with Gasteiger partial charge >= 0.3 is 0 Å². The average molecular weight is 380 g/mol. The fourth-order valence-electron chi connectivity index (χ4n) is 4.03. The first-order valence-electron chi connectivity index (χ1n) is 9.41. The molecule has 2 saturated heterocycles. The maximum absolute atomic E-state index is 12.9. The van der Waals surface area contributed by atoms with E-state index in [2.05, 4.69) is 19.2 Å². The zero-order valence-electron chi connectivity index (χ0n) is 15.8. The number of hydrogen-bond acceptors (Lipinski definition) is 4. The second-order valence-corrected chi connectivity index (χ2v) is 9.78. The zero-order chi connectivity index (χ0) is 18.9. The highest BCUT2D eigenvalue weighted by Crippen LogP contribution is 2.27. The van der Waals surface area contributed by atoms with Crippen LogP contribution in [0, 0.1) is 11.8 Å². The topological polar surface area (TPSA) is 69.7 Å². The molecule has 3 rings (SSSR count). The molecular weight excluding hydrogens is 350 g/mol. The Labute approximate surface area is 156 Å². The van der Waals surface area contributed by atoms with Crippen molar-refractivity contribution >= 4 is 15.9 Å². The Bertz CT molecular complexity index is 738. The Morgan fingerprint density at radius 2 is 1.69 bits per heavy atom. The van der Waals surface area contributed by atoms with Gasteiger partial charge in [-0.1, -0.05) is 13.8 Å². The number of nitrogens with zero attached hydrogens (tertiary/aromatic N) is 2. The van der Waals surface area contributed by atoms with Gasteiger partial charge in [0.25, 0.3) is 5.91 Å². The summed E-state index contributed by atoms with van der Waals surface area (Å²) >= 11 is 0. The van der Waals surface area contributed by atoms with Crippen LogP contribution in [0.25, 0.3) is 0 Å². The monoisotopic (exact) mass is 379 g/mol. The summed E-state index contributed by atoms with van der Waals surface area (Å²) in [5.41, 5.74) is 0.540. The number of carbonyl (C=O) groups excluding carboxylic acids is 1. The van der Waals surface area contributed by atoms with E-state index in [0.717, 1.165) is 19.5 Å². The van der Waals surface area contributed by atoms with Gasteiger partial charge in [-0.2, -0.15) is 4.31 Å². The van der Waals surface area contributed by atoms with Crippen molar-refractivity contribution < 1.29 is 13.2 Å². The van der Waals surface area contributed by atoms with Gasteiger partial charge in [0.15, 0.2) is 0 Å². The Hall–Kier alpha value is -1.44. The number of nitrogens with one attached hydrogen (secondary N) is 1. The largest absolute Gasteiger partial charge is 0.333 e. The normalized spacial score (nSPS) is 28.1. The molecule has 1 aromatic rings. The predicted molar refractivity (Wildman–Crippen MR) is 102 cm³/mol. The fourth-order valence-corrected chi connectivity index (χ4v) is 5.71. The summed E-state index contributed by atoms with van der Waals surface area (Å²) in [5.74, 6) is 0.690. The molecule has 6 nitrogen and oxygen atoms in total. The van der Waals surface area contributed by atoms with Gasteiger partial charge in [-0.3, -0.25) is 4.79 Å². The zero-order valence-corrected chi connectivity index (χ0v) is 16.6. The number of benzene rings is 1. The molecule has 144 valence electrons. The molecule has 2 aliphatic heterocycles. The number of carbonyl (C=O) groups is 1. The van der Waals surface area contributed by atoms with Crippen molar-refractivity contribution in [2.45, 2.75) is 38.1 Å². The van der Waals surface area contributed by atoms with E-state index in [9.17, 15) is 13.2 Å². The number of amides is 1. The maximum Gasteiger partial charge on any atom is 0.254 e. The lowest BCUT2D eigenvalue weighted by Gasteiger charge is -2.34. The number of piperazine rings is 1. The van der Waals surface area contributed by atoms with E-state index in [1.165, 1.54) is 0 Å². The van der Waals surface area contributed by atoms with Crippen LogP contribution in [0.1, 0.15) is 37.6 Å². The first-order chi connectivity index (χ1) is 12.3. The van der Waals surface area contributed by atoms with E-state index in [1.807, 2.05) is 11.8 Å². The van der Waals surface area contributed by atoms with Crippen LogP contribution in [0.2, 0.25) is 0 Å². The number of piperidine rings is 1. The molecule has 0 radical (unpaired) electrons. The Kier molecular flexibility index (Phi) is 5.69. The van der Waals surface area contributed by atoms with Crippen LogP contribution in [0.15, 0.2) is 29.2 Å². The number of sulfonamides is 1. The van der Waals surface area contributed by atoms with Crippen LogP contribution in [0.4, 0.5) is 0 Å². The lowest BCUT2D eigenvalue weighted by molar-refractivity contribution is 0.0655. The van der Waals surface area contributed by atoms with E-state index in [1.54, 1.807) is 28.6 Å². The molecule has 1 aromatic carbocycles. The van der Waals surface area contributed by atoms with Gasteiger partial charge in [0.1, 0.15) is 0 Å². The highest BCUT2D eigenvalue weighted by Gasteiger charge is 2.32. The van der Waals surface area contributed by atoms with E-state index in [4.69, 9.17) is 0 Å². The second kappa shape index (κ2) is 7.66. The third-order valence-corrected chi connectivity index (χ3v) is 7.18. The van der Waals surface area contributed by atoms with Crippen molar-refractivity contribution in [2.24, 2.45) is 11.8 Å². The van der Waals surface area contributed by atoms with Crippen LogP contribution < -0.4 is 5.32 Å². The molecule has 0 bridgehead atoms. The molecule has 1 amide bonds. The molecule has 3 unspecified atom stereocenters. The average Bonchev–Trinajstić information content (AvgIpc) is 2.61. The van der Waals surface area contributed by atoms with Gasteiger partial charge in [-0.05, 0) is 49.4 Å². The summed E-state index contributed by atoms with van der Waals surface area (Å²) in [5, 5.41) is 3.26. The minimum Gasteiger partial charge on any atom is -0.333 e. The summed E-state index contributed by atoms with van der Waals surface area (Å²) in [6, 6.07) is 6.55. The Balaban J connectivity index is 1.77. The van der Waals surface area contributed by atoms with Crippen molar-refractivity contribution in [3.05, 3.63) is 29.8 Å². The third kappa shape index (κ3) is 3.94. The van der Waals surface area contributed by atoms with Crippen molar-refractivity contribution in [3.8, 4) is 0 Å². The summed E-state index contributed by atoms with van der Waals surface area (Å²) in [6.45, 7) is 9.56. The molecule has 0 aliphatic carbocycles. The van der Waals surface area contributed by atoms with E-state index in [-0.39, 0.29) is 16.8 Å². The smallest absolute Gasteiger partial charge is 0.254 e. The molecule has 2 fully saturated rings. The lowest BCUT2D eigenvalue weighted by Crippen LogP contribution is -2.52. The van der Waals surface area contributed by atoms with Gasteiger partial charge < -0.3 is 10.2 Å². The highest BCUT2D eigenvalue weighted by atomic mass is 32.2. The van der Waals surface area contributed by atoms with Gasteiger partial charge in [0.05, 0.1) is 4.90 Å². The molecule has 7 heteroatoms. The summed E-state index contributed by atoms with van der Waals surface area (Å²) < 4.78 is 27.5. The number of hydrogen-bond donors (Lipinski definition) is 1. The van der Waals surface area contributed by atoms with Gasteiger partial charge in [-0.15, -0.1) is 0 Å². The van der Waals surface area contributed by atoms with E-state index >= 15 is 0 Å². The van der Waals surface area contributed by atoms with Crippen molar-refractivity contribution in [1.82, 2.24) is 14.5 Å². The lowest BCUT2D eigenvalue weighted by atomic mass is 9.94. The molecule has 2 aliphatic rings. The molecule has 2 heterocycles. The van der Waals surface area contributed by atoms with Crippen LogP contribution in [-0.2, 0) is 10.0 Å². The molecule has 1 N–H and O–H groups in total. The first-order valence-corrected chi connectivity index (χ1v) is 10.8. The molecular formula is C19H29N3O3S. The highest BCUT2D eigenvalue weighted by molar-refractivity contribution is 7.89. The van der Waals surface area contributed by atoms with E-state index in [0.29, 0.717) is 37.0 Å². The van der Waals surface area contributed by atoms with Crippen molar-refractivity contribution in [3.63, 3.8) is 0 Å². The summed E-state index contributed by atoms with van der Waals surface area (Å²) in [6.07, 6.45) is 1.06. The molecule has 0 aromatic heterocycles. The third-order valence-electron chi connectivity index (χ3n) is 5.34. The van der Waals surface area contributed by atoms with Gasteiger partial charge in [0, 0.05) is 44.3 Å². The second-order valence-electron chi connectivity index (χ2n) is 7.84. The summed E-state index contributed by atoms with van der Waals surface area (Å²) in [7, 11) is -3.51. The van der Waals surface area contributed by atoms with Crippen molar-refractivity contribution in [1.29, 1.82) is 0 Å². The summed E-state index contributed by atoms with van der Waals surface area (Å²) in [4.78, 5) is 14.8. The van der Waals surface area contributed by atoms with Crippen LogP contribution in [-0.4, -0.2) is 62.3 Å². The standard InChI is InChI=1S/C19H29N3O3S/c1-14-10-15(2)13-21(12-14)26(24,25)18-6-4-17(5-7-18)19(23)22-9-8-20-11-16(22)3/h4-7,14-16,20H,8-13H2,1-3H3. The molecule has 3 atom stereocenters. The minimum atomic E-state index is -3.51. The predicted octanol–water partition coefficient (Wildman–Crippen LogP) is 1.79. The first kappa shape index (κ1) is 19.3. The quantitative estimate of drug-likeness (QED) is 0.869. The van der Waals surface area contributed by atoms with Crippen molar-refractivity contribution in [2.75, 3.05) is 32.7 Å². The number of rotatable bonds is 3. The fraction of sp³-hybridized carbons (Fsp3) is 0.632. The maximum atomic E-state index is 12.9. The van der Waals surface area contributed by atoms with E-state index < -0.39 is 10.0 Å². The minimum absolute atomic E-state index is 0.0387.